The van der Waals surface area contributed by atoms with E-state index in [4.69, 9.17) is 10.5 Å². The van der Waals surface area contributed by atoms with Crippen molar-refractivity contribution in [3.63, 3.8) is 0 Å². The van der Waals surface area contributed by atoms with Crippen LogP contribution in [0, 0.1) is 13.8 Å². The van der Waals surface area contributed by atoms with Crippen LogP contribution in [-0.4, -0.2) is 23.9 Å². The third-order valence-electron chi connectivity index (χ3n) is 3.28. The summed E-state index contributed by atoms with van der Waals surface area (Å²) in [7, 11) is 0. The molecule has 2 rings (SSSR count). The molecular formula is C17H18N2O4S. The van der Waals surface area contributed by atoms with Crippen LogP contribution < -0.4 is 11.1 Å². The lowest BCUT2D eigenvalue weighted by atomic mass is 10.1. The van der Waals surface area contributed by atoms with Gasteiger partial charge in [0.05, 0.1) is 11.1 Å². The van der Waals surface area contributed by atoms with Crippen molar-refractivity contribution >= 4 is 34.1 Å². The molecule has 24 heavy (non-hydrogen) atoms. The summed E-state index contributed by atoms with van der Waals surface area (Å²) in [5, 5.41) is 4.53. The molecule has 6 nitrogen and oxygen atoms in total. The lowest BCUT2D eigenvalue weighted by Gasteiger charge is -2.14. The summed E-state index contributed by atoms with van der Waals surface area (Å²) in [6.45, 7) is 5.22. The summed E-state index contributed by atoms with van der Waals surface area (Å²) in [4.78, 5) is 35.6. The molecule has 0 aliphatic heterocycles. The molecule has 1 aromatic heterocycles. The number of nitrogens with two attached hydrogens (primary N) is 1. The molecule has 7 heteroatoms. The Kier molecular flexibility index (Phi) is 5.35. The molecule has 1 aromatic carbocycles. The number of thiophene rings is 1. The van der Waals surface area contributed by atoms with E-state index in [1.54, 1.807) is 17.5 Å². The summed E-state index contributed by atoms with van der Waals surface area (Å²) in [5.74, 6) is -1.74. The molecule has 0 spiro atoms. The Bertz CT molecular complexity index is 777. The van der Waals surface area contributed by atoms with Crippen molar-refractivity contribution in [1.29, 1.82) is 0 Å². The average Bonchev–Trinajstić information content (AvgIpc) is 2.94. The smallest absolute Gasteiger partial charge is 0.338 e. The molecule has 1 heterocycles. The number of amides is 2. The number of esters is 1. The Morgan fingerprint density at radius 1 is 1.17 bits per heavy atom. The number of primary amides is 1. The van der Waals surface area contributed by atoms with Gasteiger partial charge in [-0.2, -0.15) is 0 Å². The molecule has 2 amide bonds. The van der Waals surface area contributed by atoms with E-state index in [0.29, 0.717) is 10.6 Å². The van der Waals surface area contributed by atoms with Crippen LogP contribution in [0.5, 0.6) is 0 Å². The maximum Gasteiger partial charge on any atom is 0.338 e. The van der Waals surface area contributed by atoms with E-state index in [1.165, 1.54) is 24.3 Å². The van der Waals surface area contributed by atoms with E-state index in [2.05, 4.69) is 5.32 Å². The second kappa shape index (κ2) is 7.27. The number of hydrogen-bond donors (Lipinski definition) is 2. The van der Waals surface area contributed by atoms with Gasteiger partial charge in [0.15, 0.2) is 6.10 Å². The Hall–Kier alpha value is -2.67. The van der Waals surface area contributed by atoms with Crippen LogP contribution >= 0.6 is 11.3 Å². The van der Waals surface area contributed by atoms with E-state index in [0.717, 1.165) is 11.1 Å². The predicted molar refractivity (Wildman–Crippen MR) is 92.3 cm³/mol. The van der Waals surface area contributed by atoms with Crippen molar-refractivity contribution in [2.24, 2.45) is 5.73 Å². The van der Waals surface area contributed by atoms with Gasteiger partial charge in [0, 0.05) is 0 Å². The van der Waals surface area contributed by atoms with Crippen molar-refractivity contribution in [2.75, 3.05) is 5.32 Å². The lowest BCUT2D eigenvalue weighted by molar-refractivity contribution is -0.123. The molecule has 3 N–H and O–H groups in total. The highest BCUT2D eigenvalue weighted by Crippen LogP contribution is 2.23. The van der Waals surface area contributed by atoms with Gasteiger partial charge in [-0.1, -0.05) is 17.2 Å². The Morgan fingerprint density at radius 3 is 2.38 bits per heavy atom. The first kappa shape index (κ1) is 17.7. The fourth-order valence-electron chi connectivity index (χ4n) is 2.19. The Morgan fingerprint density at radius 2 is 1.79 bits per heavy atom. The third kappa shape index (κ3) is 4.20. The molecule has 0 saturated heterocycles. The Balaban J connectivity index is 2.04. The predicted octanol–water partition coefficient (Wildman–Crippen LogP) is 2.65. The zero-order valence-electron chi connectivity index (χ0n) is 13.6. The van der Waals surface area contributed by atoms with Gasteiger partial charge in [0.2, 0.25) is 0 Å². The molecule has 2 aromatic rings. The zero-order valence-corrected chi connectivity index (χ0v) is 14.4. The molecule has 0 bridgehead atoms. The van der Waals surface area contributed by atoms with Crippen LogP contribution in [0.2, 0.25) is 0 Å². The molecule has 0 fully saturated rings. The molecule has 0 unspecified atom stereocenters. The van der Waals surface area contributed by atoms with E-state index in [-0.39, 0.29) is 5.56 Å². The van der Waals surface area contributed by atoms with Crippen molar-refractivity contribution in [1.82, 2.24) is 0 Å². The van der Waals surface area contributed by atoms with Crippen LogP contribution in [0.4, 0.5) is 5.00 Å². The van der Waals surface area contributed by atoms with Crippen molar-refractivity contribution < 1.29 is 19.1 Å². The fourth-order valence-corrected chi connectivity index (χ4v) is 2.98. The van der Waals surface area contributed by atoms with Crippen LogP contribution in [0.1, 0.15) is 38.8 Å². The molecule has 0 saturated carbocycles. The van der Waals surface area contributed by atoms with Gasteiger partial charge in [0.25, 0.3) is 11.8 Å². The first-order chi connectivity index (χ1) is 11.3. The van der Waals surface area contributed by atoms with Crippen molar-refractivity contribution in [3.05, 3.63) is 51.9 Å². The molecule has 0 aliphatic carbocycles. The van der Waals surface area contributed by atoms with Gasteiger partial charge in [-0.05, 0) is 44.4 Å². The van der Waals surface area contributed by atoms with E-state index < -0.39 is 23.9 Å². The van der Waals surface area contributed by atoms with Crippen molar-refractivity contribution in [2.45, 2.75) is 26.9 Å². The highest BCUT2D eigenvalue weighted by Gasteiger charge is 2.21. The average molecular weight is 346 g/mol. The maximum atomic E-state index is 12.2. The second-order valence-corrected chi connectivity index (χ2v) is 6.36. The quantitative estimate of drug-likeness (QED) is 0.813. The van der Waals surface area contributed by atoms with Gasteiger partial charge in [-0.3, -0.25) is 9.59 Å². The minimum Gasteiger partial charge on any atom is -0.449 e. The van der Waals surface area contributed by atoms with E-state index >= 15 is 0 Å². The molecule has 1 atom stereocenters. The third-order valence-corrected chi connectivity index (χ3v) is 4.11. The van der Waals surface area contributed by atoms with Gasteiger partial charge in [-0.25, -0.2) is 4.79 Å². The zero-order chi connectivity index (χ0) is 17.9. The van der Waals surface area contributed by atoms with Crippen LogP contribution in [0.15, 0.2) is 29.6 Å². The largest absolute Gasteiger partial charge is 0.449 e. The SMILES string of the molecule is Cc1cc(C)cc(C(=O)O[C@H](C)C(=O)Nc2sccc2C(N)=O)c1. The van der Waals surface area contributed by atoms with Gasteiger partial charge in [0.1, 0.15) is 5.00 Å². The highest BCUT2D eigenvalue weighted by molar-refractivity contribution is 7.14. The summed E-state index contributed by atoms with van der Waals surface area (Å²) in [6.07, 6.45) is -1.01. The topological polar surface area (TPSA) is 98.5 Å². The summed E-state index contributed by atoms with van der Waals surface area (Å²) in [5.41, 5.74) is 7.71. The minimum atomic E-state index is -1.01. The molecule has 126 valence electrons. The molecule has 0 aliphatic rings. The van der Waals surface area contributed by atoms with Gasteiger partial charge >= 0.3 is 5.97 Å². The highest BCUT2D eigenvalue weighted by atomic mass is 32.1. The number of ether oxygens (including phenoxy) is 1. The molecular weight excluding hydrogens is 328 g/mol. The van der Waals surface area contributed by atoms with E-state index in [9.17, 15) is 14.4 Å². The van der Waals surface area contributed by atoms with Crippen LogP contribution in [-0.2, 0) is 9.53 Å². The number of nitrogens with one attached hydrogen (secondary N) is 1. The first-order valence-corrected chi connectivity index (χ1v) is 8.13. The lowest BCUT2D eigenvalue weighted by Crippen LogP contribution is -2.30. The standard InChI is InChI=1S/C17H18N2O4S/c1-9-6-10(2)8-12(7-9)17(22)23-11(3)15(21)19-16-13(14(18)20)4-5-24-16/h4-8,11H,1-3H3,(H2,18,20)(H,19,21)/t11-/m1/s1. The number of benzene rings is 1. The van der Waals surface area contributed by atoms with Gasteiger partial charge < -0.3 is 15.8 Å². The van der Waals surface area contributed by atoms with Crippen LogP contribution in [0.3, 0.4) is 0 Å². The maximum absolute atomic E-state index is 12.2. The first-order valence-electron chi connectivity index (χ1n) is 7.25. The number of carbonyl (C=O) groups is 3. The summed E-state index contributed by atoms with van der Waals surface area (Å²) < 4.78 is 5.19. The number of anilines is 1. The van der Waals surface area contributed by atoms with Crippen LogP contribution in [0.25, 0.3) is 0 Å². The number of carbonyl (C=O) groups excluding carboxylic acids is 3. The number of aryl methyl sites for hydroxylation is 2. The second-order valence-electron chi connectivity index (χ2n) is 5.44. The monoisotopic (exact) mass is 346 g/mol. The summed E-state index contributed by atoms with van der Waals surface area (Å²) in [6, 6.07) is 6.86. The number of rotatable bonds is 5. The van der Waals surface area contributed by atoms with E-state index in [1.807, 2.05) is 19.9 Å². The number of hydrogen-bond acceptors (Lipinski definition) is 5. The molecule has 0 radical (unpaired) electrons. The normalized spacial score (nSPS) is 11.6. The summed E-state index contributed by atoms with van der Waals surface area (Å²) >= 11 is 1.17. The van der Waals surface area contributed by atoms with Gasteiger partial charge in [-0.15, -0.1) is 11.3 Å². The fraction of sp³-hybridized carbons (Fsp3) is 0.235. The van der Waals surface area contributed by atoms with Crippen molar-refractivity contribution in [3.8, 4) is 0 Å². The Labute approximate surface area is 143 Å². The minimum absolute atomic E-state index is 0.223.